The quantitative estimate of drug-likeness (QED) is 0.825. The number of rotatable bonds is 7. The topological polar surface area (TPSA) is 68.7 Å². The summed E-state index contributed by atoms with van der Waals surface area (Å²) in [5, 5.41) is 4.58. The van der Waals surface area contributed by atoms with Crippen molar-refractivity contribution in [3.8, 4) is 0 Å². The van der Waals surface area contributed by atoms with Crippen molar-refractivity contribution in [3.05, 3.63) is 24.2 Å². The largest absolute Gasteiger partial charge is 0.383 e. The van der Waals surface area contributed by atoms with Gasteiger partial charge >= 0.3 is 0 Å². The molecule has 0 fully saturated rings. The van der Waals surface area contributed by atoms with Gasteiger partial charge in [0.25, 0.3) is 0 Å². The minimum absolute atomic E-state index is 0.393. The standard InChI is InChI=1S/C14H23N5O/c1-11(2)12-10-13-14(16-5-7-19(13)17-12)18(6-4-15)8-9-20-3/h5,7,10-11H,4,6,8-9,15H2,1-3H3. The van der Waals surface area contributed by atoms with E-state index in [0.29, 0.717) is 19.1 Å². The molecule has 0 aliphatic heterocycles. The van der Waals surface area contributed by atoms with E-state index in [-0.39, 0.29) is 0 Å². The average molecular weight is 277 g/mol. The van der Waals surface area contributed by atoms with Crippen LogP contribution in [0.15, 0.2) is 18.5 Å². The van der Waals surface area contributed by atoms with E-state index >= 15 is 0 Å². The molecule has 0 spiro atoms. The molecule has 110 valence electrons. The number of nitrogens with two attached hydrogens (primary N) is 1. The van der Waals surface area contributed by atoms with Crippen molar-refractivity contribution in [2.75, 3.05) is 38.3 Å². The Morgan fingerprint density at radius 3 is 2.85 bits per heavy atom. The number of aromatic nitrogens is 3. The van der Waals surface area contributed by atoms with Gasteiger partial charge in [-0.05, 0) is 12.0 Å². The maximum absolute atomic E-state index is 5.70. The van der Waals surface area contributed by atoms with Crippen molar-refractivity contribution >= 4 is 11.3 Å². The number of hydrogen-bond acceptors (Lipinski definition) is 5. The van der Waals surface area contributed by atoms with Gasteiger partial charge in [0.15, 0.2) is 5.82 Å². The number of hydrogen-bond donors (Lipinski definition) is 1. The summed E-state index contributed by atoms with van der Waals surface area (Å²) < 4.78 is 7.05. The Kier molecular flexibility index (Phi) is 4.92. The lowest BCUT2D eigenvalue weighted by Crippen LogP contribution is -2.33. The summed E-state index contributed by atoms with van der Waals surface area (Å²) in [6.07, 6.45) is 3.65. The summed E-state index contributed by atoms with van der Waals surface area (Å²) in [7, 11) is 1.70. The Hall–Kier alpha value is -1.66. The molecule has 0 radical (unpaired) electrons. The van der Waals surface area contributed by atoms with E-state index in [4.69, 9.17) is 10.5 Å². The van der Waals surface area contributed by atoms with Crippen LogP contribution < -0.4 is 10.6 Å². The lowest BCUT2D eigenvalue weighted by molar-refractivity contribution is 0.205. The van der Waals surface area contributed by atoms with Crippen LogP contribution >= 0.6 is 0 Å². The SMILES string of the molecule is COCCN(CCN)c1nccn2nc(C(C)C)cc12. The lowest BCUT2D eigenvalue weighted by atomic mass is 10.1. The van der Waals surface area contributed by atoms with Gasteiger partial charge in [-0.3, -0.25) is 0 Å². The van der Waals surface area contributed by atoms with Crippen molar-refractivity contribution in [3.63, 3.8) is 0 Å². The zero-order chi connectivity index (χ0) is 14.5. The summed E-state index contributed by atoms with van der Waals surface area (Å²) in [4.78, 5) is 6.65. The predicted molar refractivity (Wildman–Crippen MR) is 80.2 cm³/mol. The van der Waals surface area contributed by atoms with E-state index in [1.165, 1.54) is 0 Å². The molecule has 0 unspecified atom stereocenters. The van der Waals surface area contributed by atoms with Crippen molar-refractivity contribution in [2.45, 2.75) is 19.8 Å². The summed E-state index contributed by atoms with van der Waals surface area (Å²) in [5.41, 5.74) is 7.79. The van der Waals surface area contributed by atoms with Gasteiger partial charge in [0, 0.05) is 39.1 Å². The molecular weight excluding hydrogens is 254 g/mol. The smallest absolute Gasteiger partial charge is 0.154 e. The molecule has 2 aromatic heterocycles. The molecule has 20 heavy (non-hydrogen) atoms. The van der Waals surface area contributed by atoms with E-state index in [2.05, 4.69) is 34.9 Å². The number of nitrogens with zero attached hydrogens (tertiary/aromatic N) is 4. The summed E-state index contributed by atoms with van der Waals surface area (Å²) >= 11 is 0. The fraction of sp³-hybridized carbons (Fsp3) is 0.571. The first-order valence-electron chi connectivity index (χ1n) is 6.95. The third kappa shape index (κ3) is 3.08. The first-order valence-corrected chi connectivity index (χ1v) is 6.95. The van der Waals surface area contributed by atoms with Crippen LogP contribution in [-0.2, 0) is 4.74 Å². The second kappa shape index (κ2) is 6.67. The van der Waals surface area contributed by atoms with Crippen LogP contribution in [0.1, 0.15) is 25.5 Å². The van der Waals surface area contributed by atoms with Gasteiger partial charge in [-0.15, -0.1) is 0 Å². The first kappa shape index (κ1) is 14.7. The second-order valence-corrected chi connectivity index (χ2v) is 5.07. The van der Waals surface area contributed by atoms with Crippen LogP contribution in [0.25, 0.3) is 5.52 Å². The van der Waals surface area contributed by atoms with Gasteiger partial charge in [0.1, 0.15) is 5.52 Å². The highest BCUT2D eigenvalue weighted by Crippen LogP contribution is 2.22. The first-order chi connectivity index (χ1) is 9.67. The molecule has 2 heterocycles. The Morgan fingerprint density at radius 2 is 2.20 bits per heavy atom. The molecule has 2 aromatic rings. The Labute approximate surface area is 119 Å². The van der Waals surface area contributed by atoms with Crippen LogP contribution in [0.2, 0.25) is 0 Å². The van der Waals surface area contributed by atoms with Gasteiger partial charge in [-0.25, -0.2) is 9.50 Å². The summed E-state index contributed by atoms with van der Waals surface area (Å²) in [5.74, 6) is 1.30. The fourth-order valence-electron chi connectivity index (χ4n) is 2.13. The van der Waals surface area contributed by atoms with E-state index in [9.17, 15) is 0 Å². The molecule has 2 N–H and O–H groups in total. The molecule has 0 atom stereocenters. The van der Waals surface area contributed by atoms with Crippen molar-refractivity contribution in [2.24, 2.45) is 5.73 Å². The van der Waals surface area contributed by atoms with Crippen molar-refractivity contribution in [1.29, 1.82) is 0 Å². The van der Waals surface area contributed by atoms with E-state index < -0.39 is 0 Å². The molecule has 6 nitrogen and oxygen atoms in total. The van der Waals surface area contributed by atoms with Crippen LogP contribution in [0.4, 0.5) is 5.82 Å². The number of fused-ring (bicyclic) bond motifs is 1. The zero-order valence-corrected chi connectivity index (χ0v) is 12.4. The maximum atomic E-state index is 5.70. The Balaban J connectivity index is 2.39. The van der Waals surface area contributed by atoms with E-state index in [1.54, 1.807) is 13.3 Å². The summed E-state index contributed by atoms with van der Waals surface area (Å²) in [6.45, 7) is 7.02. The molecule has 0 aromatic carbocycles. The normalized spacial score (nSPS) is 11.4. The molecule has 0 amide bonds. The molecule has 0 aliphatic rings. The molecule has 2 rings (SSSR count). The van der Waals surface area contributed by atoms with Gasteiger partial charge in [-0.1, -0.05) is 13.8 Å². The third-order valence-corrected chi connectivity index (χ3v) is 3.24. The lowest BCUT2D eigenvalue weighted by Gasteiger charge is -2.23. The highest BCUT2D eigenvalue weighted by atomic mass is 16.5. The highest BCUT2D eigenvalue weighted by molar-refractivity contribution is 5.69. The van der Waals surface area contributed by atoms with Crippen molar-refractivity contribution in [1.82, 2.24) is 14.6 Å². The predicted octanol–water partition coefficient (Wildman–Crippen LogP) is 1.26. The molecule has 0 bridgehead atoms. The minimum atomic E-state index is 0.393. The Morgan fingerprint density at radius 1 is 1.40 bits per heavy atom. The molecule has 0 aliphatic carbocycles. The average Bonchev–Trinajstić information content (AvgIpc) is 2.87. The van der Waals surface area contributed by atoms with Gasteiger partial charge in [-0.2, -0.15) is 5.10 Å². The van der Waals surface area contributed by atoms with Gasteiger partial charge in [0.05, 0.1) is 12.3 Å². The van der Waals surface area contributed by atoms with Gasteiger partial charge < -0.3 is 15.4 Å². The van der Waals surface area contributed by atoms with Crippen LogP contribution in [-0.4, -0.2) is 47.9 Å². The number of methoxy groups -OCH3 is 1. The fourth-order valence-corrected chi connectivity index (χ4v) is 2.13. The molecule has 0 saturated heterocycles. The second-order valence-electron chi connectivity index (χ2n) is 5.07. The van der Waals surface area contributed by atoms with Crippen LogP contribution in [0.3, 0.4) is 0 Å². The van der Waals surface area contributed by atoms with Crippen LogP contribution in [0, 0.1) is 0 Å². The number of ether oxygens (including phenoxy) is 1. The van der Waals surface area contributed by atoms with Gasteiger partial charge in [0.2, 0.25) is 0 Å². The third-order valence-electron chi connectivity index (χ3n) is 3.24. The molecule has 6 heteroatoms. The minimum Gasteiger partial charge on any atom is -0.383 e. The molecule has 0 saturated carbocycles. The van der Waals surface area contributed by atoms with E-state index in [1.807, 2.05) is 10.7 Å². The Bertz CT molecular complexity index is 551. The van der Waals surface area contributed by atoms with E-state index in [0.717, 1.165) is 30.1 Å². The molecular formula is C14H23N5O. The van der Waals surface area contributed by atoms with Crippen molar-refractivity contribution < 1.29 is 4.74 Å². The zero-order valence-electron chi connectivity index (χ0n) is 12.4. The maximum Gasteiger partial charge on any atom is 0.154 e. The monoisotopic (exact) mass is 277 g/mol. The number of anilines is 1. The highest BCUT2D eigenvalue weighted by Gasteiger charge is 2.14. The van der Waals surface area contributed by atoms with Crippen LogP contribution in [0.5, 0.6) is 0 Å². The summed E-state index contributed by atoms with van der Waals surface area (Å²) in [6, 6.07) is 2.10.